The van der Waals surface area contributed by atoms with Crippen LogP contribution in [-0.4, -0.2) is 25.0 Å². The summed E-state index contributed by atoms with van der Waals surface area (Å²) in [6.07, 6.45) is 0. The molecule has 2 aromatic rings. The van der Waals surface area contributed by atoms with Crippen molar-refractivity contribution in [1.82, 2.24) is 4.90 Å². The summed E-state index contributed by atoms with van der Waals surface area (Å²) in [6.45, 7) is 5.68. The van der Waals surface area contributed by atoms with Crippen LogP contribution < -0.4 is 11.1 Å². The fraction of sp³-hybridized carbons (Fsp3) is 0.316. The van der Waals surface area contributed by atoms with Crippen molar-refractivity contribution in [1.29, 1.82) is 0 Å². The fourth-order valence-corrected chi connectivity index (χ4v) is 2.37. The smallest absolute Gasteiger partial charge is 0.193 e. The largest absolute Gasteiger partial charge is 0.370 e. The predicted molar refractivity (Wildman–Crippen MR) is 98.7 cm³/mol. The van der Waals surface area contributed by atoms with Crippen molar-refractivity contribution in [3.05, 3.63) is 64.7 Å². The second-order valence-corrected chi connectivity index (χ2v) is 6.18. The molecular weight excluding hydrogens is 284 g/mol. The van der Waals surface area contributed by atoms with Crippen LogP contribution in [0.3, 0.4) is 0 Å². The van der Waals surface area contributed by atoms with E-state index in [9.17, 15) is 0 Å². The van der Waals surface area contributed by atoms with Crippen LogP contribution in [0.5, 0.6) is 0 Å². The van der Waals surface area contributed by atoms with Crippen LogP contribution in [0, 0.1) is 13.8 Å². The molecule has 2 aromatic carbocycles. The summed E-state index contributed by atoms with van der Waals surface area (Å²) < 4.78 is 0. The Morgan fingerprint density at radius 3 is 2.48 bits per heavy atom. The maximum Gasteiger partial charge on any atom is 0.193 e. The molecule has 4 nitrogen and oxygen atoms in total. The van der Waals surface area contributed by atoms with Crippen molar-refractivity contribution in [2.24, 2.45) is 10.7 Å². The molecule has 0 fully saturated rings. The first-order chi connectivity index (χ1) is 10.9. The van der Waals surface area contributed by atoms with Gasteiger partial charge in [-0.3, -0.25) is 0 Å². The van der Waals surface area contributed by atoms with Gasteiger partial charge in [0.15, 0.2) is 5.96 Å². The van der Waals surface area contributed by atoms with E-state index in [-0.39, 0.29) is 0 Å². The van der Waals surface area contributed by atoms with E-state index in [0.29, 0.717) is 12.5 Å². The van der Waals surface area contributed by atoms with Crippen molar-refractivity contribution < 1.29 is 0 Å². The minimum atomic E-state index is 0.436. The quantitative estimate of drug-likeness (QED) is 0.658. The molecule has 0 heterocycles. The van der Waals surface area contributed by atoms with Gasteiger partial charge in [0.05, 0.1) is 6.54 Å². The van der Waals surface area contributed by atoms with E-state index in [1.165, 1.54) is 16.7 Å². The van der Waals surface area contributed by atoms with Gasteiger partial charge in [0.25, 0.3) is 0 Å². The van der Waals surface area contributed by atoms with E-state index in [0.717, 1.165) is 17.8 Å². The number of rotatable bonds is 5. The van der Waals surface area contributed by atoms with E-state index >= 15 is 0 Å². The second kappa shape index (κ2) is 7.79. The zero-order valence-electron chi connectivity index (χ0n) is 14.4. The molecule has 23 heavy (non-hydrogen) atoms. The summed E-state index contributed by atoms with van der Waals surface area (Å²) in [5, 5.41) is 3.15. The van der Waals surface area contributed by atoms with Crippen molar-refractivity contribution in [3.8, 4) is 0 Å². The van der Waals surface area contributed by atoms with Crippen LogP contribution in [0.25, 0.3) is 0 Å². The standard InChI is InChI=1S/C19H26N4/c1-14-8-9-18(10-15(14)2)22-19(20)21-12-16-6-5-7-17(11-16)13-23(3)4/h5-11H,12-13H2,1-4H3,(H3,20,21,22). The highest BCUT2D eigenvalue weighted by Crippen LogP contribution is 2.14. The van der Waals surface area contributed by atoms with Gasteiger partial charge >= 0.3 is 0 Å². The number of guanidine groups is 1. The number of aliphatic imine (C=N–C) groups is 1. The lowest BCUT2D eigenvalue weighted by Gasteiger charge is -2.11. The summed E-state index contributed by atoms with van der Waals surface area (Å²) in [7, 11) is 4.13. The van der Waals surface area contributed by atoms with Crippen LogP contribution in [0.1, 0.15) is 22.3 Å². The Labute approximate surface area is 139 Å². The van der Waals surface area contributed by atoms with Gasteiger partial charge in [0, 0.05) is 12.2 Å². The Balaban J connectivity index is 2.00. The van der Waals surface area contributed by atoms with Gasteiger partial charge in [-0.2, -0.15) is 0 Å². The molecule has 3 N–H and O–H groups in total. The number of aryl methyl sites for hydroxylation is 2. The Bertz CT molecular complexity index is 690. The lowest BCUT2D eigenvalue weighted by Crippen LogP contribution is -2.22. The second-order valence-electron chi connectivity index (χ2n) is 6.18. The van der Waals surface area contributed by atoms with E-state index < -0.39 is 0 Å². The van der Waals surface area contributed by atoms with Gasteiger partial charge in [0.2, 0.25) is 0 Å². The molecule has 4 heteroatoms. The van der Waals surface area contributed by atoms with Crippen molar-refractivity contribution in [3.63, 3.8) is 0 Å². The molecule has 0 aliphatic rings. The van der Waals surface area contributed by atoms with Gasteiger partial charge in [-0.1, -0.05) is 30.3 Å². The Morgan fingerprint density at radius 1 is 1.04 bits per heavy atom. The number of benzene rings is 2. The minimum Gasteiger partial charge on any atom is -0.370 e. The van der Waals surface area contributed by atoms with Gasteiger partial charge in [-0.25, -0.2) is 4.99 Å². The molecule has 0 aliphatic carbocycles. The molecule has 122 valence electrons. The monoisotopic (exact) mass is 310 g/mol. The number of nitrogens with one attached hydrogen (secondary N) is 1. The summed E-state index contributed by atoms with van der Waals surface area (Å²) >= 11 is 0. The third kappa shape index (κ3) is 5.42. The average molecular weight is 310 g/mol. The molecule has 0 spiro atoms. The molecular formula is C19H26N4. The Kier molecular flexibility index (Phi) is 5.77. The summed E-state index contributed by atoms with van der Waals surface area (Å²) in [6, 6.07) is 14.6. The van der Waals surface area contributed by atoms with Gasteiger partial charge in [0.1, 0.15) is 0 Å². The number of nitrogens with zero attached hydrogens (tertiary/aromatic N) is 2. The molecule has 0 atom stereocenters. The molecule has 0 amide bonds. The van der Waals surface area contributed by atoms with Gasteiger partial charge in [-0.15, -0.1) is 0 Å². The molecule has 0 aliphatic heterocycles. The minimum absolute atomic E-state index is 0.436. The maximum absolute atomic E-state index is 5.99. The summed E-state index contributed by atoms with van der Waals surface area (Å²) in [5.74, 6) is 0.436. The SMILES string of the molecule is Cc1ccc(NC(N)=NCc2cccc(CN(C)C)c2)cc1C. The molecule has 0 aromatic heterocycles. The van der Waals surface area contributed by atoms with E-state index in [4.69, 9.17) is 5.73 Å². The van der Waals surface area contributed by atoms with Crippen LogP contribution >= 0.6 is 0 Å². The van der Waals surface area contributed by atoms with Crippen molar-refractivity contribution >= 4 is 11.6 Å². The highest BCUT2D eigenvalue weighted by Gasteiger charge is 2.00. The van der Waals surface area contributed by atoms with Crippen molar-refractivity contribution in [2.45, 2.75) is 26.9 Å². The molecule has 0 unspecified atom stereocenters. The van der Waals surface area contributed by atoms with Gasteiger partial charge < -0.3 is 16.0 Å². The van der Waals surface area contributed by atoms with Crippen LogP contribution in [-0.2, 0) is 13.1 Å². The topological polar surface area (TPSA) is 53.6 Å². The lowest BCUT2D eigenvalue weighted by atomic mass is 10.1. The van der Waals surface area contributed by atoms with E-state index in [1.807, 2.05) is 6.07 Å². The number of nitrogens with two attached hydrogens (primary N) is 1. The molecule has 0 saturated heterocycles. The highest BCUT2D eigenvalue weighted by molar-refractivity contribution is 5.92. The van der Waals surface area contributed by atoms with E-state index in [1.54, 1.807) is 0 Å². The number of hydrogen-bond acceptors (Lipinski definition) is 2. The van der Waals surface area contributed by atoms with Crippen LogP contribution in [0.2, 0.25) is 0 Å². The normalized spacial score (nSPS) is 11.8. The van der Waals surface area contributed by atoms with Gasteiger partial charge in [-0.05, 0) is 62.3 Å². The molecule has 0 radical (unpaired) electrons. The van der Waals surface area contributed by atoms with Crippen LogP contribution in [0.4, 0.5) is 5.69 Å². The highest BCUT2D eigenvalue weighted by atomic mass is 15.1. The zero-order valence-corrected chi connectivity index (χ0v) is 14.4. The molecule has 0 bridgehead atoms. The number of anilines is 1. The van der Waals surface area contributed by atoms with Crippen molar-refractivity contribution in [2.75, 3.05) is 19.4 Å². The first-order valence-electron chi connectivity index (χ1n) is 7.81. The summed E-state index contributed by atoms with van der Waals surface area (Å²) in [5.41, 5.74) is 11.9. The molecule has 0 saturated carbocycles. The zero-order chi connectivity index (χ0) is 16.8. The Hall–Kier alpha value is -2.33. The first kappa shape index (κ1) is 17.0. The summed E-state index contributed by atoms with van der Waals surface area (Å²) in [4.78, 5) is 6.58. The predicted octanol–water partition coefficient (Wildman–Crippen LogP) is 3.29. The number of hydrogen-bond donors (Lipinski definition) is 2. The first-order valence-corrected chi connectivity index (χ1v) is 7.81. The fourth-order valence-electron chi connectivity index (χ4n) is 2.37. The Morgan fingerprint density at radius 2 is 1.78 bits per heavy atom. The molecule has 2 rings (SSSR count). The third-order valence-corrected chi connectivity index (χ3v) is 3.70. The van der Waals surface area contributed by atoms with E-state index in [2.05, 4.69) is 79.6 Å². The third-order valence-electron chi connectivity index (χ3n) is 3.70. The maximum atomic E-state index is 5.99. The van der Waals surface area contributed by atoms with Crippen LogP contribution in [0.15, 0.2) is 47.5 Å². The lowest BCUT2D eigenvalue weighted by molar-refractivity contribution is 0.402. The average Bonchev–Trinajstić information content (AvgIpc) is 2.49.